The lowest BCUT2D eigenvalue weighted by Gasteiger charge is -2.11. The Labute approximate surface area is 153 Å². The first-order chi connectivity index (χ1) is 12.6. The summed E-state index contributed by atoms with van der Waals surface area (Å²) in [6.07, 6.45) is 1.67. The third kappa shape index (κ3) is 4.72. The van der Waals surface area contributed by atoms with E-state index in [0.717, 1.165) is 5.56 Å². The summed E-state index contributed by atoms with van der Waals surface area (Å²) in [4.78, 5) is 12.2. The van der Waals surface area contributed by atoms with Crippen LogP contribution in [0.3, 0.4) is 0 Å². The molecule has 26 heavy (non-hydrogen) atoms. The van der Waals surface area contributed by atoms with Gasteiger partial charge in [-0.15, -0.1) is 0 Å². The molecule has 0 atom stereocenters. The molecule has 0 aliphatic rings. The predicted molar refractivity (Wildman–Crippen MR) is 102 cm³/mol. The van der Waals surface area contributed by atoms with Crippen LogP contribution in [0.2, 0.25) is 0 Å². The van der Waals surface area contributed by atoms with Crippen LogP contribution in [0.25, 0.3) is 0 Å². The Morgan fingerprint density at radius 1 is 1.08 bits per heavy atom. The second kappa shape index (κ2) is 8.34. The van der Waals surface area contributed by atoms with Gasteiger partial charge < -0.3 is 10.1 Å². The topological polar surface area (TPSA) is 56.1 Å². The van der Waals surface area contributed by atoms with E-state index >= 15 is 0 Å². The minimum atomic E-state index is -0.215. The monoisotopic (exact) mass is 349 g/mol. The molecule has 3 aromatic rings. The molecule has 0 aliphatic carbocycles. The van der Waals surface area contributed by atoms with Gasteiger partial charge in [0.2, 0.25) is 0 Å². The fraction of sp³-hybridized carbons (Fsp3) is 0.238. The molecule has 0 saturated carbocycles. The Morgan fingerprint density at radius 2 is 1.81 bits per heavy atom. The molecular weight excluding hydrogens is 326 g/mol. The van der Waals surface area contributed by atoms with Gasteiger partial charge in [-0.25, -0.2) is 4.68 Å². The van der Waals surface area contributed by atoms with Crippen LogP contribution >= 0.6 is 0 Å². The molecule has 134 valence electrons. The smallest absolute Gasteiger partial charge is 0.263 e. The Bertz CT molecular complexity index is 839. The number of hydrogen-bond donors (Lipinski definition) is 1. The van der Waals surface area contributed by atoms with E-state index in [1.54, 1.807) is 16.9 Å². The number of rotatable bonds is 7. The second-order valence-corrected chi connectivity index (χ2v) is 6.42. The number of nitrogens with zero attached hydrogens (tertiary/aromatic N) is 2. The van der Waals surface area contributed by atoms with Crippen molar-refractivity contribution < 1.29 is 9.53 Å². The third-order valence-electron chi connectivity index (χ3n) is 4.08. The van der Waals surface area contributed by atoms with Crippen molar-refractivity contribution in [2.75, 3.05) is 11.9 Å². The van der Waals surface area contributed by atoms with Crippen molar-refractivity contribution in [3.05, 3.63) is 78.0 Å². The van der Waals surface area contributed by atoms with Crippen LogP contribution in [0.1, 0.15) is 30.9 Å². The number of amides is 1. The van der Waals surface area contributed by atoms with Crippen molar-refractivity contribution in [3.8, 4) is 5.75 Å². The SMILES string of the molecule is CC(C)c1ccc(OCC(=O)Nc2ccnn2Cc2ccccc2)cc1. The van der Waals surface area contributed by atoms with E-state index in [4.69, 9.17) is 4.74 Å². The Balaban J connectivity index is 1.55. The molecule has 1 aromatic heterocycles. The summed E-state index contributed by atoms with van der Waals surface area (Å²) in [5.41, 5.74) is 2.36. The molecule has 0 unspecified atom stereocenters. The molecule has 1 N–H and O–H groups in total. The molecule has 0 saturated heterocycles. The fourth-order valence-corrected chi connectivity index (χ4v) is 2.60. The van der Waals surface area contributed by atoms with Gasteiger partial charge in [0.15, 0.2) is 6.61 Å². The van der Waals surface area contributed by atoms with E-state index in [2.05, 4.69) is 24.3 Å². The molecule has 1 amide bonds. The van der Waals surface area contributed by atoms with E-state index in [-0.39, 0.29) is 12.5 Å². The first kappa shape index (κ1) is 17.7. The highest BCUT2D eigenvalue weighted by atomic mass is 16.5. The average molecular weight is 349 g/mol. The lowest BCUT2D eigenvalue weighted by Crippen LogP contribution is -2.22. The molecular formula is C21H23N3O2. The normalized spacial score (nSPS) is 10.7. The zero-order chi connectivity index (χ0) is 18.4. The number of hydrogen-bond acceptors (Lipinski definition) is 3. The fourth-order valence-electron chi connectivity index (χ4n) is 2.60. The maximum Gasteiger partial charge on any atom is 0.263 e. The van der Waals surface area contributed by atoms with Crippen LogP contribution in [-0.2, 0) is 11.3 Å². The number of aromatic nitrogens is 2. The lowest BCUT2D eigenvalue weighted by molar-refractivity contribution is -0.118. The molecule has 0 aliphatic heterocycles. The van der Waals surface area contributed by atoms with E-state index in [1.165, 1.54) is 5.56 Å². The van der Waals surface area contributed by atoms with E-state index in [0.29, 0.717) is 24.0 Å². The highest BCUT2D eigenvalue weighted by Crippen LogP contribution is 2.18. The van der Waals surface area contributed by atoms with Crippen molar-refractivity contribution in [2.45, 2.75) is 26.3 Å². The van der Waals surface area contributed by atoms with Gasteiger partial charge >= 0.3 is 0 Å². The summed E-state index contributed by atoms with van der Waals surface area (Å²) < 4.78 is 7.32. The summed E-state index contributed by atoms with van der Waals surface area (Å²) in [6, 6.07) is 19.6. The molecule has 0 spiro atoms. The van der Waals surface area contributed by atoms with Gasteiger partial charge in [-0.2, -0.15) is 5.10 Å². The molecule has 2 aromatic carbocycles. The van der Waals surface area contributed by atoms with Gasteiger partial charge in [0, 0.05) is 6.07 Å². The van der Waals surface area contributed by atoms with Gasteiger partial charge in [0.1, 0.15) is 11.6 Å². The first-order valence-electron chi connectivity index (χ1n) is 8.70. The minimum absolute atomic E-state index is 0.0441. The van der Waals surface area contributed by atoms with E-state index < -0.39 is 0 Å². The van der Waals surface area contributed by atoms with Crippen LogP contribution < -0.4 is 10.1 Å². The quantitative estimate of drug-likeness (QED) is 0.699. The van der Waals surface area contributed by atoms with Gasteiger partial charge in [-0.3, -0.25) is 4.79 Å². The molecule has 3 rings (SSSR count). The van der Waals surface area contributed by atoms with Crippen molar-refractivity contribution in [3.63, 3.8) is 0 Å². The number of nitrogens with one attached hydrogen (secondary N) is 1. The zero-order valence-corrected chi connectivity index (χ0v) is 15.1. The largest absolute Gasteiger partial charge is 0.484 e. The highest BCUT2D eigenvalue weighted by molar-refractivity contribution is 5.91. The molecule has 1 heterocycles. The Hall–Kier alpha value is -3.08. The van der Waals surface area contributed by atoms with Gasteiger partial charge in [0.05, 0.1) is 12.7 Å². The van der Waals surface area contributed by atoms with Crippen LogP contribution in [0.4, 0.5) is 5.82 Å². The number of carbonyl (C=O) groups is 1. The average Bonchev–Trinajstić information content (AvgIpc) is 3.08. The zero-order valence-electron chi connectivity index (χ0n) is 15.1. The molecule has 0 radical (unpaired) electrons. The first-order valence-corrected chi connectivity index (χ1v) is 8.70. The minimum Gasteiger partial charge on any atom is -0.484 e. The summed E-state index contributed by atoms with van der Waals surface area (Å²) in [6.45, 7) is 4.84. The number of benzene rings is 2. The Morgan fingerprint density at radius 3 is 2.50 bits per heavy atom. The predicted octanol–water partition coefficient (Wildman–Crippen LogP) is 4.07. The van der Waals surface area contributed by atoms with Gasteiger partial charge in [0.25, 0.3) is 5.91 Å². The summed E-state index contributed by atoms with van der Waals surface area (Å²) in [5, 5.41) is 7.12. The van der Waals surface area contributed by atoms with E-state index in [1.807, 2.05) is 54.6 Å². The van der Waals surface area contributed by atoms with Crippen LogP contribution in [0, 0.1) is 0 Å². The van der Waals surface area contributed by atoms with Crippen LogP contribution in [0.5, 0.6) is 5.75 Å². The van der Waals surface area contributed by atoms with Crippen molar-refractivity contribution in [1.29, 1.82) is 0 Å². The molecule has 5 heteroatoms. The molecule has 5 nitrogen and oxygen atoms in total. The second-order valence-electron chi connectivity index (χ2n) is 6.42. The van der Waals surface area contributed by atoms with Crippen molar-refractivity contribution in [1.82, 2.24) is 9.78 Å². The van der Waals surface area contributed by atoms with Gasteiger partial charge in [-0.05, 0) is 29.2 Å². The number of anilines is 1. The summed E-state index contributed by atoms with van der Waals surface area (Å²) in [5.74, 6) is 1.59. The van der Waals surface area contributed by atoms with Crippen molar-refractivity contribution in [2.24, 2.45) is 0 Å². The third-order valence-corrected chi connectivity index (χ3v) is 4.08. The maximum absolute atomic E-state index is 12.2. The lowest BCUT2D eigenvalue weighted by atomic mass is 10.0. The van der Waals surface area contributed by atoms with E-state index in [9.17, 15) is 4.79 Å². The Kier molecular flexibility index (Phi) is 5.69. The standard InChI is InChI=1S/C21H23N3O2/c1-16(2)18-8-10-19(11-9-18)26-15-21(25)23-20-12-13-22-24(20)14-17-6-4-3-5-7-17/h3-13,16H,14-15H2,1-2H3,(H,23,25). The van der Waals surface area contributed by atoms with Crippen molar-refractivity contribution >= 4 is 11.7 Å². The molecule has 0 bridgehead atoms. The summed E-state index contributed by atoms with van der Waals surface area (Å²) in [7, 11) is 0. The maximum atomic E-state index is 12.2. The number of carbonyl (C=O) groups excluding carboxylic acids is 1. The number of ether oxygens (including phenoxy) is 1. The van der Waals surface area contributed by atoms with Gasteiger partial charge in [-0.1, -0.05) is 56.3 Å². The highest BCUT2D eigenvalue weighted by Gasteiger charge is 2.09. The van der Waals surface area contributed by atoms with Crippen LogP contribution in [0.15, 0.2) is 66.9 Å². The molecule has 0 fully saturated rings. The summed E-state index contributed by atoms with van der Waals surface area (Å²) >= 11 is 0. The van der Waals surface area contributed by atoms with Crippen LogP contribution in [-0.4, -0.2) is 22.3 Å².